The standard InChI is InChI=1S/C23H30N2O2/c1-3-4-6-11-21(22(24)26)25-23(27)17(2)16-18-12-14-20(15-13-18)19-9-7-5-8-10-19/h5,7-10,12-15,17,21H,3-4,6,11,16H2,1-2H3,(H2,24,26)(H,25,27)/t17-,21-/m0/s1. The molecule has 2 aromatic rings. The van der Waals surface area contributed by atoms with Gasteiger partial charge >= 0.3 is 0 Å². The molecule has 2 aromatic carbocycles. The van der Waals surface area contributed by atoms with Crippen molar-refractivity contribution < 1.29 is 9.59 Å². The van der Waals surface area contributed by atoms with Crippen LogP contribution in [-0.2, 0) is 16.0 Å². The van der Waals surface area contributed by atoms with Gasteiger partial charge in [0.05, 0.1) is 0 Å². The van der Waals surface area contributed by atoms with Crippen molar-refractivity contribution in [3.63, 3.8) is 0 Å². The molecule has 27 heavy (non-hydrogen) atoms. The van der Waals surface area contributed by atoms with E-state index in [0.717, 1.165) is 30.4 Å². The van der Waals surface area contributed by atoms with E-state index in [1.807, 2.05) is 25.1 Å². The molecule has 144 valence electrons. The second kappa shape index (κ2) is 10.5. The third-order valence-corrected chi connectivity index (χ3v) is 4.81. The maximum absolute atomic E-state index is 12.5. The van der Waals surface area contributed by atoms with Gasteiger partial charge in [-0.15, -0.1) is 0 Å². The monoisotopic (exact) mass is 366 g/mol. The summed E-state index contributed by atoms with van der Waals surface area (Å²) in [6.07, 6.45) is 4.21. The van der Waals surface area contributed by atoms with Crippen molar-refractivity contribution in [2.45, 2.75) is 52.0 Å². The van der Waals surface area contributed by atoms with Crippen molar-refractivity contribution in [2.75, 3.05) is 0 Å². The minimum Gasteiger partial charge on any atom is -0.368 e. The normalized spacial score (nSPS) is 13.0. The fraction of sp³-hybridized carbons (Fsp3) is 0.391. The average molecular weight is 367 g/mol. The molecular weight excluding hydrogens is 336 g/mol. The Balaban J connectivity index is 1.92. The van der Waals surface area contributed by atoms with Crippen LogP contribution < -0.4 is 11.1 Å². The lowest BCUT2D eigenvalue weighted by Crippen LogP contribution is -2.46. The zero-order valence-corrected chi connectivity index (χ0v) is 16.3. The van der Waals surface area contributed by atoms with Gasteiger partial charge in [0.2, 0.25) is 11.8 Å². The van der Waals surface area contributed by atoms with Gasteiger partial charge in [0, 0.05) is 5.92 Å². The lowest BCUT2D eigenvalue weighted by molar-refractivity contribution is -0.129. The molecule has 0 aliphatic carbocycles. The minimum atomic E-state index is -0.577. The zero-order chi connectivity index (χ0) is 19.6. The Labute approximate surface area is 162 Å². The molecule has 3 N–H and O–H groups in total. The first-order valence-corrected chi connectivity index (χ1v) is 9.75. The summed E-state index contributed by atoms with van der Waals surface area (Å²) in [5, 5.41) is 2.82. The van der Waals surface area contributed by atoms with Crippen LogP contribution in [0.1, 0.15) is 45.1 Å². The average Bonchev–Trinajstić information content (AvgIpc) is 2.68. The molecule has 0 spiro atoms. The SMILES string of the molecule is CCCCC[C@H](NC(=O)[C@@H](C)Cc1ccc(-c2ccccc2)cc1)C(N)=O. The lowest BCUT2D eigenvalue weighted by Gasteiger charge is -2.18. The molecule has 0 saturated heterocycles. The Morgan fingerprint density at radius 2 is 1.59 bits per heavy atom. The Bertz CT molecular complexity index is 726. The molecule has 4 heteroatoms. The van der Waals surface area contributed by atoms with E-state index in [4.69, 9.17) is 5.73 Å². The Kier molecular flexibility index (Phi) is 8.05. The highest BCUT2D eigenvalue weighted by Gasteiger charge is 2.21. The van der Waals surface area contributed by atoms with Gasteiger partial charge in [0.25, 0.3) is 0 Å². The summed E-state index contributed by atoms with van der Waals surface area (Å²) < 4.78 is 0. The molecule has 0 bridgehead atoms. The molecule has 0 aromatic heterocycles. The molecule has 0 saturated carbocycles. The summed E-state index contributed by atoms with van der Waals surface area (Å²) in [5.74, 6) is -0.804. The van der Waals surface area contributed by atoms with Crippen LogP contribution >= 0.6 is 0 Å². The van der Waals surface area contributed by atoms with Crippen molar-refractivity contribution in [3.8, 4) is 11.1 Å². The third kappa shape index (κ3) is 6.55. The molecular formula is C23H30N2O2. The highest BCUT2D eigenvalue weighted by molar-refractivity contribution is 5.87. The van der Waals surface area contributed by atoms with Crippen LogP contribution in [-0.4, -0.2) is 17.9 Å². The number of carbonyl (C=O) groups excluding carboxylic acids is 2. The molecule has 0 radical (unpaired) electrons. The molecule has 2 atom stereocenters. The highest BCUT2D eigenvalue weighted by atomic mass is 16.2. The van der Waals surface area contributed by atoms with Crippen LogP contribution in [0.3, 0.4) is 0 Å². The van der Waals surface area contributed by atoms with Crippen LogP contribution in [0.2, 0.25) is 0 Å². The van der Waals surface area contributed by atoms with Crippen molar-refractivity contribution >= 4 is 11.8 Å². The first-order chi connectivity index (χ1) is 13.0. The quantitative estimate of drug-likeness (QED) is 0.622. The Hall–Kier alpha value is -2.62. The number of nitrogens with one attached hydrogen (secondary N) is 1. The summed E-state index contributed by atoms with van der Waals surface area (Å²) >= 11 is 0. The smallest absolute Gasteiger partial charge is 0.239 e. The predicted octanol–water partition coefficient (Wildman–Crippen LogP) is 4.08. The number of hydrogen-bond donors (Lipinski definition) is 2. The van der Waals surface area contributed by atoms with Gasteiger partial charge in [-0.05, 0) is 29.5 Å². The summed E-state index contributed by atoms with van der Waals surface area (Å²) in [4.78, 5) is 24.1. The molecule has 2 rings (SSSR count). The molecule has 0 fully saturated rings. The molecule has 2 amide bonds. The first kappa shape index (κ1) is 20.7. The summed E-state index contributed by atoms with van der Waals surface area (Å²) in [7, 11) is 0. The van der Waals surface area contributed by atoms with E-state index in [1.54, 1.807) is 0 Å². The second-order valence-corrected chi connectivity index (χ2v) is 7.13. The molecule has 4 nitrogen and oxygen atoms in total. The fourth-order valence-corrected chi connectivity index (χ4v) is 3.11. The van der Waals surface area contributed by atoms with Gasteiger partial charge in [0.1, 0.15) is 6.04 Å². The largest absolute Gasteiger partial charge is 0.368 e. The van der Waals surface area contributed by atoms with E-state index >= 15 is 0 Å². The van der Waals surface area contributed by atoms with E-state index in [-0.39, 0.29) is 11.8 Å². The number of primary amides is 1. The molecule has 0 unspecified atom stereocenters. The topological polar surface area (TPSA) is 72.2 Å². The Morgan fingerprint density at radius 1 is 0.963 bits per heavy atom. The van der Waals surface area contributed by atoms with Gasteiger partial charge in [-0.25, -0.2) is 0 Å². The summed E-state index contributed by atoms with van der Waals surface area (Å²) in [5.41, 5.74) is 8.86. The molecule has 0 aliphatic heterocycles. The minimum absolute atomic E-state index is 0.123. The summed E-state index contributed by atoms with van der Waals surface area (Å²) in [6.45, 7) is 3.98. The third-order valence-electron chi connectivity index (χ3n) is 4.81. The van der Waals surface area contributed by atoms with Gasteiger partial charge in [-0.3, -0.25) is 9.59 Å². The van der Waals surface area contributed by atoms with Crippen LogP contribution in [0.4, 0.5) is 0 Å². The first-order valence-electron chi connectivity index (χ1n) is 9.75. The van der Waals surface area contributed by atoms with Crippen LogP contribution in [0.5, 0.6) is 0 Å². The van der Waals surface area contributed by atoms with Crippen LogP contribution in [0.25, 0.3) is 11.1 Å². The number of nitrogens with two attached hydrogens (primary N) is 1. The predicted molar refractivity (Wildman–Crippen MR) is 110 cm³/mol. The van der Waals surface area contributed by atoms with Crippen molar-refractivity contribution in [1.82, 2.24) is 5.32 Å². The lowest BCUT2D eigenvalue weighted by atomic mass is 9.97. The van der Waals surface area contributed by atoms with Crippen LogP contribution in [0, 0.1) is 5.92 Å². The number of rotatable bonds is 10. The van der Waals surface area contributed by atoms with E-state index in [0.29, 0.717) is 12.8 Å². The molecule has 0 aliphatic rings. The van der Waals surface area contributed by atoms with E-state index in [9.17, 15) is 9.59 Å². The van der Waals surface area contributed by atoms with E-state index in [1.165, 1.54) is 5.56 Å². The number of carbonyl (C=O) groups is 2. The van der Waals surface area contributed by atoms with Gasteiger partial charge in [0.15, 0.2) is 0 Å². The van der Waals surface area contributed by atoms with Crippen molar-refractivity contribution in [2.24, 2.45) is 11.7 Å². The second-order valence-electron chi connectivity index (χ2n) is 7.13. The van der Waals surface area contributed by atoms with Gasteiger partial charge in [-0.1, -0.05) is 87.7 Å². The van der Waals surface area contributed by atoms with Crippen molar-refractivity contribution in [3.05, 3.63) is 60.2 Å². The molecule has 0 heterocycles. The van der Waals surface area contributed by atoms with E-state index in [2.05, 4.69) is 48.6 Å². The number of benzene rings is 2. The van der Waals surface area contributed by atoms with Crippen molar-refractivity contribution in [1.29, 1.82) is 0 Å². The maximum atomic E-state index is 12.5. The van der Waals surface area contributed by atoms with Gasteiger partial charge in [-0.2, -0.15) is 0 Å². The summed E-state index contributed by atoms with van der Waals surface area (Å²) in [6, 6.07) is 17.9. The van der Waals surface area contributed by atoms with Gasteiger partial charge < -0.3 is 11.1 Å². The number of unbranched alkanes of at least 4 members (excludes halogenated alkanes) is 2. The van der Waals surface area contributed by atoms with E-state index < -0.39 is 11.9 Å². The maximum Gasteiger partial charge on any atom is 0.239 e. The fourth-order valence-electron chi connectivity index (χ4n) is 3.11. The number of hydrogen-bond acceptors (Lipinski definition) is 2. The number of amides is 2. The highest BCUT2D eigenvalue weighted by Crippen LogP contribution is 2.20. The Morgan fingerprint density at radius 3 is 2.19 bits per heavy atom. The van der Waals surface area contributed by atoms with Crippen LogP contribution in [0.15, 0.2) is 54.6 Å². The zero-order valence-electron chi connectivity index (χ0n) is 16.3.